The molecule has 76 valence electrons. The number of aliphatic hydroxyl groups is 1. The molecular formula is C9H18N2O2. The van der Waals surface area contributed by atoms with Crippen LogP contribution in [0.3, 0.4) is 0 Å². The highest BCUT2D eigenvalue weighted by Gasteiger charge is 2.26. The van der Waals surface area contributed by atoms with Crippen molar-refractivity contribution in [2.45, 2.75) is 26.4 Å². The van der Waals surface area contributed by atoms with Gasteiger partial charge in [0.05, 0.1) is 6.10 Å². The maximum Gasteiger partial charge on any atom is 0.320 e. The molecule has 2 amide bonds. The van der Waals surface area contributed by atoms with Gasteiger partial charge < -0.3 is 14.9 Å². The van der Waals surface area contributed by atoms with E-state index in [1.54, 1.807) is 9.80 Å². The smallest absolute Gasteiger partial charge is 0.320 e. The molecule has 0 aliphatic carbocycles. The molecule has 0 bridgehead atoms. The number of nitrogens with zero attached hydrogens (tertiary/aromatic N) is 2. The lowest BCUT2D eigenvalue weighted by Crippen LogP contribution is -2.42. The quantitative estimate of drug-likeness (QED) is 0.683. The van der Waals surface area contributed by atoms with E-state index in [0.717, 1.165) is 13.1 Å². The topological polar surface area (TPSA) is 43.8 Å². The summed E-state index contributed by atoms with van der Waals surface area (Å²) >= 11 is 0. The second-order valence-corrected chi connectivity index (χ2v) is 3.34. The number of urea groups is 1. The molecule has 0 aromatic rings. The monoisotopic (exact) mass is 186 g/mol. The zero-order valence-electron chi connectivity index (χ0n) is 8.36. The minimum absolute atomic E-state index is 0.0570. The minimum Gasteiger partial charge on any atom is -0.391 e. The Kier molecular flexibility index (Phi) is 3.54. The summed E-state index contributed by atoms with van der Waals surface area (Å²) < 4.78 is 0. The van der Waals surface area contributed by atoms with Gasteiger partial charge in [-0.3, -0.25) is 0 Å². The Labute approximate surface area is 79.1 Å². The van der Waals surface area contributed by atoms with Crippen molar-refractivity contribution in [1.82, 2.24) is 9.80 Å². The van der Waals surface area contributed by atoms with Gasteiger partial charge in [-0.05, 0) is 20.3 Å². The third-order valence-electron chi connectivity index (χ3n) is 2.47. The number of aliphatic hydroxyl groups excluding tert-OH is 1. The highest BCUT2D eigenvalue weighted by atomic mass is 16.3. The standard InChI is InChI=1S/C9H18N2O2/c1-3-10(4-2)9(13)11-6-5-8(12)7-11/h8,12H,3-7H2,1-2H3/t8-/m1/s1. The summed E-state index contributed by atoms with van der Waals surface area (Å²) in [6.45, 7) is 6.59. The molecule has 0 unspecified atom stereocenters. The zero-order valence-corrected chi connectivity index (χ0v) is 8.36. The SMILES string of the molecule is CCN(CC)C(=O)N1CC[C@@H](O)C1. The van der Waals surface area contributed by atoms with Gasteiger partial charge in [0.2, 0.25) is 0 Å². The predicted molar refractivity (Wildman–Crippen MR) is 50.5 cm³/mol. The third kappa shape index (κ3) is 2.34. The molecule has 4 heteroatoms. The molecule has 1 fully saturated rings. The molecule has 1 atom stereocenters. The van der Waals surface area contributed by atoms with Crippen LogP contribution in [0.25, 0.3) is 0 Å². The Hall–Kier alpha value is -0.770. The number of carbonyl (C=O) groups is 1. The number of carbonyl (C=O) groups excluding carboxylic acids is 1. The molecule has 1 N–H and O–H groups in total. The summed E-state index contributed by atoms with van der Waals surface area (Å²) in [5.41, 5.74) is 0. The molecule has 0 radical (unpaired) electrons. The molecular weight excluding hydrogens is 168 g/mol. The van der Waals surface area contributed by atoms with E-state index >= 15 is 0 Å². The van der Waals surface area contributed by atoms with E-state index in [4.69, 9.17) is 0 Å². The van der Waals surface area contributed by atoms with Gasteiger partial charge >= 0.3 is 6.03 Å². The lowest BCUT2D eigenvalue weighted by molar-refractivity contribution is 0.149. The van der Waals surface area contributed by atoms with E-state index in [0.29, 0.717) is 19.5 Å². The number of β-amino-alcohol motifs (C(OH)–C–C–N with tert-alkyl or cyclic N) is 1. The minimum atomic E-state index is -0.320. The van der Waals surface area contributed by atoms with Gasteiger partial charge in [0, 0.05) is 26.2 Å². The average molecular weight is 186 g/mol. The molecule has 0 aromatic heterocycles. The summed E-state index contributed by atoms with van der Waals surface area (Å²) in [4.78, 5) is 15.2. The maximum absolute atomic E-state index is 11.7. The van der Waals surface area contributed by atoms with Crippen molar-refractivity contribution in [1.29, 1.82) is 0 Å². The fourth-order valence-corrected chi connectivity index (χ4v) is 1.61. The summed E-state index contributed by atoms with van der Waals surface area (Å²) in [5.74, 6) is 0. The van der Waals surface area contributed by atoms with Crippen LogP contribution in [0, 0.1) is 0 Å². The summed E-state index contributed by atoms with van der Waals surface area (Å²) in [7, 11) is 0. The van der Waals surface area contributed by atoms with Crippen LogP contribution in [0.15, 0.2) is 0 Å². The number of amides is 2. The predicted octanol–water partition coefficient (Wildman–Crippen LogP) is 0.515. The van der Waals surface area contributed by atoms with Crippen LogP contribution < -0.4 is 0 Å². The Morgan fingerprint density at radius 1 is 1.54 bits per heavy atom. The van der Waals surface area contributed by atoms with Gasteiger partial charge in [-0.25, -0.2) is 4.79 Å². The summed E-state index contributed by atoms with van der Waals surface area (Å²) in [5, 5.41) is 9.26. The third-order valence-corrected chi connectivity index (χ3v) is 2.47. The van der Waals surface area contributed by atoms with Crippen molar-refractivity contribution >= 4 is 6.03 Å². The first-order valence-electron chi connectivity index (χ1n) is 4.91. The van der Waals surface area contributed by atoms with Crippen molar-refractivity contribution < 1.29 is 9.90 Å². The average Bonchev–Trinajstić information content (AvgIpc) is 2.54. The molecule has 0 spiro atoms. The molecule has 4 nitrogen and oxygen atoms in total. The van der Waals surface area contributed by atoms with Crippen molar-refractivity contribution in [2.75, 3.05) is 26.2 Å². The molecule has 1 heterocycles. The van der Waals surface area contributed by atoms with Crippen molar-refractivity contribution in [3.63, 3.8) is 0 Å². The van der Waals surface area contributed by atoms with Crippen LogP contribution in [0.2, 0.25) is 0 Å². The van der Waals surface area contributed by atoms with Crippen LogP contribution in [0.1, 0.15) is 20.3 Å². The molecule has 1 saturated heterocycles. The first-order valence-corrected chi connectivity index (χ1v) is 4.91. The molecule has 1 aliphatic heterocycles. The Morgan fingerprint density at radius 3 is 2.54 bits per heavy atom. The number of rotatable bonds is 2. The molecule has 13 heavy (non-hydrogen) atoms. The second kappa shape index (κ2) is 4.46. The van der Waals surface area contributed by atoms with Crippen molar-refractivity contribution in [3.8, 4) is 0 Å². The first kappa shape index (κ1) is 10.3. The van der Waals surface area contributed by atoms with Crippen LogP contribution >= 0.6 is 0 Å². The van der Waals surface area contributed by atoms with Gasteiger partial charge in [0.15, 0.2) is 0 Å². The van der Waals surface area contributed by atoms with Gasteiger partial charge in [0.1, 0.15) is 0 Å². The molecule has 0 aromatic carbocycles. The van der Waals surface area contributed by atoms with Crippen molar-refractivity contribution in [2.24, 2.45) is 0 Å². The van der Waals surface area contributed by atoms with Gasteiger partial charge in [-0.1, -0.05) is 0 Å². The van der Waals surface area contributed by atoms with Crippen LogP contribution in [0.4, 0.5) is 4.79 Å². The lowest BCUT2D eigenvalue weighted by Gasteiger charge is -2.25. The molecule has 0 saturated carbocycles. The second-order valence-electron chi connectivity index (χ2n) is 3.34. The fraction of sp³-hybridized carbons (Fsp3) is 0.889. The molecule has 1 aliphatic rings. The summed E-state index contributed by atoms with van der Waals surface area (Å²) in [6, 6.07) is 0.0570. The first-order chi connectivity index (χ1) is 6.19. The number of hydrogen-bond donors (Lipinski definition) is 1. The van der Waals surface area contributed by atoms with E-state index in [-0.39, 0.29) is 12.1 Å². The van der Waals surface area contributed by atoms with E-state index in [1.165, 1.54) is 0 Å². The van der Waals surface area contributed by atoms with Gasteiger partial charge in [-0.15, -0.1) is 0 Å². The van der Waals surface area contributed by atoms with E-state index < -0.39 is 0 Å². The van der Waals surface area contributed by atoms with Gasteiger partial charge in [0.25, 0.3) is 0 Å². The zero-order chi connectivity index (χ0) is 9.84. The van der Waals surface area contributed by atoms with E-state index in [2.05, 4.69) is 0 Å². The molecule has 1 rings (SSSR count). The Balaban J connectivity index is 2.47. The Bertz CT molecular complexity index is 180. The normalized spacial score (nSPS) is 22.1. The lowest BCUT2D eigenvalue weighted by atomic mass is 10.3. The Morgan fingerprint density at radius 2 is 2.15 bits per heavy atom. The highest BCUT2D eigenvalue weighted by molar-refractivity contribution is 5.74. The number of likely N-dealkylation sites (tertiary alicyclic amines) is 1. The van der Waals surface area contributed by atoms with E-state index in [9.17, 15) is 9.90 Å². The maximum atomic E-state index is 11.7. The van der Waals surface area contributed by atoms with Crippen LogP contribution in [0.5, 0.6) is 0 Å². The summed E-state index contributed by atoms with van der Waals surface area (Å²) in [6.07, 6.45) is 0.395. The highest BCUT2D eigenvalue weighted by Crippen LogP contribution is 2.11. The van der Waals surface area contributed by atoms with Crippen LogP contribution in [-0.4, -0.2) is 53.2 Å². The fourth-order valence-electron chi connectivity index (χ4n) is 1.61. The van der Waals surface area contributed by atoms with E-state index in [1.807, 2.05) is 13.8 Å². The van der Waals surface area contributed by atoms with Gasteiger partial charge in [-0.2, -0.15) is 0 Å². The number of hydrogen-bond acceptors (Lipinski definition) is 2. The van der Waals surface area contributed by atoms with Crippen molar-refractivity contribution in [3.05, 3.63) is 0 Å². The largest absolute Gasteiger partial charge is 0.391 e. The van der Waals surface area contributed by atoms with Crippen LogP contribution in [-0.2, 0) is 0 Å².